The van der Waals surface area contributed by atoms with E-state index in [9.17, 15) is 4.79 Å². The zero-order valence-corrected chi connectivity index (χ0v) is 15.7. The minimum Gasteiger partial charge on any atom is -0.497 e. The highest BCUT2D eigenvalue weighted by Crippen LogP contribution is 2.25. The molecule has 1 atom stereocenters. The van der Waals surface area contributed by atoms with Crippen molar-refractivity contribution in [3.05, 3.63) is 29.0 Å². The molecule has 0 aliphatic carbocycles. The van der Waals surface area contributed by atoms with Gasteiger partial charge in [0.05, 0.1) is 7.11 Å². The molecule has 1 aromatic carbocycles. The minimum atomic E-state index is 0.100. The van der Waals surface area contributed by atoms with Crippen molar-refractivity contribution in [2.75, 3.05) is 13.7 Å². The maximum atomic E-state index is 12.9. The highest BCUT2D eigenvalue weighted by atomic mass is 32.1. The van der Waals surface area contributed by atoms with E-state index in [0.29, 0.717) is 22.6 Å². The van der Waals surface area contributed by atoms with Crippen LogP contribution in [0.25, 0.3) is 11.4 Å². The first-order valence-corrected chi connectivity index (χ1v) is 9.01. The first kappa shape index (κ1) is 17.7. The van der Waals surface area contributed by atoms with Gasteiger partial charge in [-0.3, -0.25) is 14.5 Å². The van der Waals surface area contributed by atoms with Crippen molar-refractivity contribution in [1.29, 1.82) is 0 Å². The van der Waals surface area contributed by atoms with E-state index in [2.05, 4.69) is 24.0 Å². The Labute approximate surface area is 152 Å². The number of likely N-dealkylation sites (tertiary alicyclic amines) is 1. The highest BCUT2D eigenvalue weighted by molar-refractivity contribution is 7.71. The monoisotopic (exact) mass is 360 g/mol. The standard InChI is InChI=1S/C18H24N4O2S/c1-12(2)15-5-4-10-21(15)16(23)11-22-17(19-20-18(22)25)13-6-8-14(24-3)9-7-13/h6-9,12,15H,4-5,10-11H2,1-3H3,(H,20,25)/t15-/m1/s1. The number of amides is 1. The maximum absolute atomic E-state index is 12.9. The van der Waals surface area contributed by atoms with Crippen LogP contribution in [0.15, 0.2) is 24.3 Å². The van der Waals surface area contributed by atoms with Crippen molar-refractivity contribution < 1.29 is 9.53 Å². The van der Waals surface area contributed by atoms with Crippen molar-refractivity contribution in [3.63, 3.8) is 0 Å². The fourth-order valence-electron chi connectivity index (χ4n) is 3.45. The number of H-pyrrole nitrogens is 1. The summed E-state index contributed by atoms with van der Waals surface area (Å²) in [5.41, 5.74) is 0.891. The summed E-state index contributed by atoms with van der Waals surface area (Å²) in [4.78, 5) is 14.9. The summed E-state index contributed by atoms with van der Waals surface area (Å²) >= 11 is 5.35. The van der Waals surface area contributed by atoms with Gasteiger partial charge in [0.1, 0.15) is 12.3 Å². The third kappa shape index (κ3) is 3.61. The fourth-order valence-corrected chi connectivity index (χ4v) is 3.64. The number of carbonyl (C=O) groups is 1. The largest absolute Gasteiger partial charge is 0.497 e. The Balaban J connectivity index is 1.84. The van der Waals surface area contributed by atoms with Gasteiger partial charge >= 0.3 is 0 Å². The number of carbonyl (C=O) groups excluding carboxylic acids is 1. The predicted molar refractivity (Wildman–Crippen MR) is 99.0 cm³/mol. The molecule has 0 saturated carbocycles. The fraction of sp³-hybridized carbons (Fsp3) is 0.500. The number of nitrogens with one attached hydrogen (secondary N) is 1. The molecule has 1 aliphatic heterocycles. The van der Waals surface area contributed by atoms with E-state index in [1.807, 2.05) is 29.2 Å². The lowest BCUT2D eigenvalue weighted by atomic mass is 10.0. The van der Waals surface area contributed by atoms with Crippen LogP contribution in [-0.2, 0) is 11.3 Å². The molecule has 2 heterocycles. The molecular formula is C18H24N4O2S. The van der Waals surface area contributed by atoms with Gasteiger partial charge in [0.15, 0.2) is 10.6 Å². The number of rotatable bonds is 5. The summed E-state index contributed by atoms with van der Waals surface area (Å²) in [5, 5.41) is 7.12. The normalized spacial score (nSPS) is 17.3. The van der Waals surface area contributed by atoms with Gasteiger partial charge < -0.3 is 9.64 Å². The van der Waals surface area contributed by atoms with E-state index in [1.165, 1.54) is 0 Å². The lowest BCUT2D eigenvalue weighted by molar-refractivity contribution is -0.133. The molecule has 6 nitrogen and oxygen atoms in total. The van der Waals surface area contributed by atoms with Crippen molar-refractivity contribution >= 4 is 18.1 Å². The van der Waals surface area contributed by atoms with E-state index in [1.54, 1.807) is 11.7 Å². The molecule has 1 aromatic heterocycles. The summed E-state index contributed by atoms with van der Waals surface area (Å²) in [5.74, 6) is 2.01. The van der Waals surface area contributed by atoms with Gasteiger partial charge in [0.25, 0.3) is 0 Å². The van der Waals surface area contributed by atoms with Crippen molar-refractivity contribution in [2.24, 2.45) is 5.92 Å². The third-order valence-electron chi connectivity index (χ3n) is 4.79. The van der Waals surface area contributed by atoms with Crippen molar-refractivity contribution in [2.45, 2.75) is 39.3 Å². The lowest BCUT2D eigenvalue weighted by Crippen LogP contribution is -2.40. The van der Waals surface area contributed by atoms with Crippen molar-refractivity contribution in [3.8, 4) is 17.1 Å². The molecular weight excluding hydrogens is 336 g/mol. The summed E-state index contributed by atoms with van der Waals surface area (Å²) in [6, 6.07) is 7.89. The van der Waals surface area contributed by atoms with Crippen LogP contribution < -0.4 is 4.74 Å². The number of nitrogens with zero attached hydrogens (tertiary/aromatic N) is 3. The van der Waals surface area contributed by atoms with E-state index in [-0.39, 0.29) is 12.5 Å². The smallest absolute Gasteiger partial charge is 0.242 e. The van der Waals surface area contributed by atoms with E-state index >= 15 is 0 Å². The number of aromatic amines is 1. The average Bonchev–Trinajstić information content (AvgIpc) is 3.23. The predicted octanol–water partition coefficient (Wildman–Crippen LogP) is 3.26. The van der Waals surface area contributed by atoms with Crippen molar-refractivity contribution in [1.82, 2.24) is 19.7 Å². The van der Waals surface area contributed by atoms with Crippen LogP contribution in [0.1, 0.15) is 26.7 Å². The first-order chi connectivity index (χ1) is 12.0. The molecule has 1 aliphatic rings. The number of benzene rings is 1. The van der Waals surface area contributed by atoms with Gasteiger partial charge in [-0.25, -0.2) is 0 Å². The number of hydrogen-bond donors (Lipinski definition) is 1. The number of aromatic nitrogens is 3. The Hall–Kier alpha value is -2.15. The second-order valence-corrected chi connectivity index (χ2v) is 7.09. The summed E-state index contributed by atoms with van der Waals surface area (Å²) in [6.07, 6.45) is 2.14. The van der Waals surface area contributed by atoms with E-state index in [4.69, 9.17) is 17.0 Å². The Kier molecular flexibility index (Phi) is 5.22. The van der Waals surface area contributed by atoms with Crippen LogP contribution in [-0.4, -0.2) is 45.3 Å². The highest BCUT2D eigenvalue weighted by Gasteiger charge is 2.31. The van der Waals surface area contributed by atoms with Gasteiger partial charge in [-0.1, -0.05) is 13.8 Å². The quantitative estimate of drug-likeness (QED) is 0.831. The average molecular weight is 360 g/mol. The molecule has 0 unspecified atom stereocenters. The Morgan fingerprint density at radius 3 is 2.76 bits per heavy atom. The maximum Gasteiger partial charge on any atom is 0.242 e. The molecule has 1 fully saturated rings. The molecule has 2 aromatic rings. The Bertz CT molecular complexity index is 794. The molecule has 1 saturated heterocycles. The number of hydrogen-bond acceptors (Lipinski definition) is 4. The molecule has 0 bridgehead atoms. The molecule has 1 amide bonds. The van der Waals surface area contributed by atoms with Gasteiger partial charge in [-0.15, -0.1) is 0 Å². The summed E-state index contributed by atoms with van der Waals surface area (Å²) in [6.45, 7) is 5.37. The number of ether oxygens (including phenoxy) is 1. The Morgan fingerprint density at radius 2 is 2.12 bits per heavy atom. The molecule has 25 heavy (non-hydrogen) atoms. The summed E-state index contributed by atoms with van der Waals surface area (Å²) in [7, 11) is 1.63. The Morgan fingerprint density at radius 1 is 1.40 bits per heavy atom. The van der Waals surface area contributed by atoms with Crippen LogP contribution in [0.5, 0.6) is 5.75 Å². The van der Waals surface area contributed by atoms with Gasteiger partial charge in [0, 0.05) is 18.2 Å². The van der Waals surface area contributed by atoms with Crippen LogP contribution in [0.3, 0.4) is 0 Å². The topological polar surface area (TPSA) is 63.1 Å². The molecule has 1 N–H and O–H groups in total. The van der Waals surface area contributed by atoms with E-state index < -0.39 is 0 Å². The molecule has 0 spiro atoms. The molecule has 3 rings (SSSR count). The van der Waals surface area contributed by atoms with Crippen LogP contribution in [0.4, 0.5) is 0 Å². The lowest BCUT2D eigenvalue weighted by Gasteiger charge is -2.28. The minimum absolute atomic E-state index is 0.100. The first-order valence-electron chi connectivity index (χ1n) is 8.60. The van der Waals surface area contributed by atoms with E-state index in [0.717, 1.165) is 30.7 Å². The van der Waals surface area contributed by atoms with Gasteiger partial charge in [-0.05, 0) is 55.2 Å². The zero-order chi connectivity index (χ0) is 18.0. The third-order valence-corrected chi connectivity index (χ3v) is 5.10. The van der Waals surface area contributed by atoms with Crippen LogP contribution in [0.2, 0.25) is 0 Å². The van der Waals surface area contributed by atoms with Crippen LogP contribution in [0, 0.1) is 10.7 Å². The van der Waals surface area contributed by atoms with Crippen LogP contribution >= 0.6 is 12.2 Å². The zero-order valence-electron chi connectivity index (χ0n) is 14.9. The molecule has 134 valence electrons. The molecule has 7 heteroatoms. The second-order valence-electron chi connectivity index (χ2n) is 6.71. The molecule has 0 radical (unpaired) electrons. The van der Waals surface area contributed by atoms with Gasteiger partial charge in [0.2, 0.25) is 5.91 Å². The second kappa shape index (κ2) is 7.39. The number of methoxy groups -OCH3 is 1. The summed E-state index contributed by atoms with van der Waals surface area (Å²) < 4.78 is 7.42. The SMILES string of the molecule is COc1ccc(-c2n[nH]c(=S)n2CC(=O)N2CCC[C@@H]2C(C)C)cc1. The van der Waals surface area contributed by atoms with Gasteiger partial charge in [-0.2, -0.15) is 5.10 Å².